The molecule has 5 nitrogen and oxygen atoms in total. The van der Waals surface area contributed by atoms with E-state index in [2.05, 4.69) is 178 Å². The summed E-state index contributed by atoms with van der Waals surface area (Å²) >= 11 is 0. The first-order chi connectivity index (χ1) is 27.8. The molecule has 0 N–H and O–H groups in total. The molecular formula is C50H53BO5Si. The summed E-state index contributed by atoms with van der Waals surface area (Å²) in [7, 11) is 0.297. The van der Waals surface area contributed by atoms with Crippen LogP contribution in [-0.2, 0) is 34.4 Å². The Kier molecular flexibility index (Phi) is 11.2. The van der Waals surface area contributed by atoms with Gasteiger partial charge in [0, 0.05) is 20.8 Å². The molecule has 0 amide bonds. The lowest BCUT2D eigenvalue weighted by Crippen LogP contribution is -2.66. The van der Waals surface area contributed by atoms with Crippen LogP contribution >= 0.6 is 0 Å². The summed E-state index contributed by atoms with van der Waals surface area (Å²) in [6, 6.07) is 63.4. The highest BCUT2D eigenvalue weighted by molar-refractivity contribution is 6.99. The summed E-state index contributed by atoms with van der Waals surface area (Å²) in [6.07, 6.45) is -0.330. The van der Waals surface area contributed by atoms with Gasteiger partial charge in [0.25, 0.3) is 8.32 Å². The van der Waals surface area contributed by atoms with E-state index in [9.17, 15) is 0 Å². The zero-order chi connectivity index (χ0) is 39.5. The molecule has 1 aliphatic carbocycles. The second-order valence-electron chi connectivity index (χ2n) is 16.5. The fraction of sp³-hybridized carbons (Fsp3) is 0.280. The maximum atomic E-state index is 7.47. The van der Waals surface area contributed by atoms with Crippen molar-refractivity contribution in [2.45, 2.75) is 61.5 Å². The second kappa shape index (κ2) is 16.3. The minimum Gasteiger partial charge on any atom is -0.407 e. The Morgan fingerprint density at radius 3 is 1.12 bits per heavy atom. The lowest BCUT2D eigenvalue weighted by Gasteiger charge is -2.47. The van der Waals surface area contributed by atoms with Gasteiger partial charge in [-0.05, 0) is 55.8 Å². The minimum atomic E-state index is -2.74. The first-order valence-corrected chi connectivity index (χ1v) is 22.1. The number of hydrogen-bond acceptors (Lipinski definition) is 5. The van der Waals surface area contributed by atoms with Gasteiger partial charge in [-0.3, -0.25) is 0 Å². The summed E-state index contributed by atoms with van der Waals surface area (Å²) in [6.45, 7) is 7.60. The van der Waals surface area contributed by atoms with E-state index in [1.54, 1.807) is 14.2 Å². The van der Waals surface area contributed by atoms with Crippen LogP contribution in [0.15, 0.2) is 182 Å². The van der Waals surface area contributed by atoms with Gasteiger partial charge in [-0.15, -0.1) is 0 Å². The van der Waals surface area contributed by atoms with Crippen molar-refractivity contribution in [3.05, 3.63) is 204 Å². The molecule has 4 atom stereocenters. The van der Waals surface area contributed by atoms with Crippen LogP contribution in [0.4, 0.5) is 0 Å². The topological polar surface area (TPSA) is 46.2 Å². The molecule has 6 aromatic rings. The fourth-order valence-electron chi connectivity index (χ4n) is 9.51. The van der Waals surface area contributed by atoms with Crippen LogP contribution in [0, 0.1) is 5.92 Å². The zero-order valence-corrected chi connectivity index (χ0v) is 34.7. The van der Waals surface area contributed by atoms with Crippen molar-refractivity contribution in [3.8, 4) is 0 Å². The molecule has 8 rings (SSSR count). The Labute approximate surface area is 340 Å². The number of hydrogen-bond donors (Lipinski definition) is 0. The van der Waals surface area contributed by atoms with Gasteiger partial charge >= 0.3 is 7.12 Å². The van der Waals surface area contributed by atoms with Crippen LogP contribution < -0.4 is 10.4 Å². The first-order valence-electron chi connectivity index (χ1n) is 20.2. The van der Waals surface area contributed by atoms with E-state index in [1.807, 2.05) is 24.3 Å². The largest absolute Gasteiger partial charge is 0.461 e. The highest BCUT2D eigenvalue weighted by Gasteiger charge is 2.65. The number of methoxy groups -OCH3 is 2. The molecule has 0 unspecified atom stereocenters. The molecule has 57 heavy (non-hydrogen) atoms. The van der Waals surface area contributed by atoms with Crippen molar-refractivity contribution in [1.82, 2.24) is 0 Å². The Morgan fingerprint density at radius 2 is 0.825 bits per heavy atom. The molecule has 2 fully saturated rings. The van der Waals surface area contributed by atoms with E-state index in [0.717, 1.165) is 28.7 Å². The summed E-state index contributed by atoms with van der Waals surface area (Å²) in [5, 5.41) is 2.44. The Morgan fingerprint density at radius 1 is 0.509 bits per heavy atom. The van der Waals surface area contributed by atoms with Crippen molar-refractivity contribution in [2.24, 2.45) is 5.92 Å². The van der Waals surface area contributed by atoms with Gasteiger partial charge in [-0.2, -0.15) is 0 Å². The quantitative estimate of drug-likeness (QED) is 0.103. The Balaban J connectivity index is 1.22. The average Bonchev–Trinajstić information content (AvgIpc) is 3.92. The molecule has 0 spiro atoms. The van der Waals surface area contributed by atoms with Crippen molar-refractivity contribution in [1.29, 1.82) is 0 Å². The van der Waals surface area contributed by atoms with Crippen molar-refractivity contribution in [3.63, 3.8) is 0 Å². The second-order valence-corrected chi connectivity index (χ2v) is 20.8. The molecule has 6 aromatic carbocycles. The normalized spacial score (nSPS) is 20.1. The third-order valence-corrected chi connectivity index (χ3v) is 17.4. The van der Waals surface area contributed by atoms with E-state index < -0.39 is 38.8 Å². The number of benzene rings is 6. The van der Waals surface area contributed by atoms with Crippen molar-refractivity contribution >= 4 is 25.8 Å². The number of ether oxygens (including phenoxy) is 2. The summed E-state index contributed by atoms with van der Waals surface area (Å²) < 4.78 is 36.1. The standard InChI is InChI=1S/C50H53BO5Si/c1-48(2,3)57(43-32-20-10-21-33-43,44-34-22-11-23-35-44)54-37-38-36-45(38)51-55-46(49(52-4,39-24-12-6-13-25-39)40-26-14-7-15-27-40)47(56-51)50(53-5,41-28-16-8-17-29-41)42-30-18-9-19-31-42/h6-35,38,45-47H,36-37H2,1-5H3/t38-,45+,46+,47+/m0/s1. The molecule has 0 bridgehead atoms. The predicted molar refractivity (Wildman–Crippen MR) is 232 cm³/mol. The van der Waals surface area contributed by atoms with Crippen LogP contribution in [-0.4, -0.2) is 48.5 Å². The van der Waals surface area contributed by atoms with Gasteiger partial charge in [0.15, 0.2) is 0 Å². The van der Waals surface area contributed by atoms with Crippen LogP contribution in [0.5, 0.6) is 0 Å². The van der Waals surface area contributed by atoms with E-state index in [4.69, 9.17) is 23.2 Å². The van der Waals surface area contributed by atoms with Crippen LogP contribution in [0.3, 0.4) is 0 Å². The number of rotatable bonds is 14. The first kappa shape index (κ1) is 39.2. The van der Waals surface area contributed by atoms with E-state index >= 15 is 0 Å². The molecule has 0 aromatic heterocycles. The van der Waals surface area contributed by atoms with Crippen LogP contribution in [0.25, 0.3) is 0 Å². The molecule has 0 radical (unpaired) electrons. The third kappa shape index (κ3) is 6.94. The van der Waals surface area contributed by atoms with Gasteiger partial charge < -0.3 is 23.2 Å². The molecule has 1 saturated heterocycles. The zero-order valence-electron chi connectivity index (χ0n) is 33.7. The monoisotopic (exact) mass is 772 g/mol. The van der Waals surface area contributed by atoms with Crippen molar-refractivity contribution < 1.29 is 23.2 Å². The lowest BCUT2D eigenvalue weighted by molar-refractivity contribution is -0.136. The molecule has 1 aliphatic heterocycles. The summed E-state index contributed by atoms with van der Waals surface area (Å²) in [4.78, 5) is 0. The SMILES string of the molecule is COC(c1ccccc1)(c1ccccc1)[C@@H]1OB([C@@H]2C[C@H]2CO[Si](c2ccccc2)(c2ccccc2)C(C)(C)C)O[C@H]1C(OC)(c1ccccc1)c1ccccc1. The highest BCUT2D eigenvalue weighted by Crippen LogP contribution is 2.56. The van der Waals surface area contributed by atoms with Crippen LogP contribution in [0.2, 0.25) is 10.9 Å². The van der Waals surface area contributed by atoms with Gasteiger partial charge in [0.2, 0.25) is 0 Å². The third-order valence-electron chi connectivity index (χ3n) is 12.3. The summed E-state index contributed by atoms with van der Waals surface area (Å²) in [5.41, 5.74) is 1.81. The maximum Gasteiger partial charge on any atom is 0.461 e. The van der Waals surface area contributed by atoms with E-state index in [1.165, 1.54) is 10.4 Å². The average molecular weight is 773 g/mol. The highest BCUT2D eigenvalue weighted by atomic mass is 28.4. The molecule has 1 saturated carbocycles. The van der Waals surface area contributed by atoms with Gasteiger partial charge in [-0.1, -0.05) is 203 Å². The van der Waals surface area contributed by atoms with Gasteiger partial charge in [0.05, 0.1) is 0 Å². The lowest BCUT2D eigenvalue weighted by atomic mass is 9.71. The molecule has 290 valence electrons. The van der Waals surface area contributed by atoms with Gasteiger partial charge in [-0.25, -0.2) is 0 Å². The van der Waals surface area contributed by atoms with Gasteiger partial charge in [0.1, 0.15) is 23.4 Å². The van der Waals surface area contributed by atoms with E-state index in [-0.39, 0.29) is 16.8 Å². The summed E-state index contributed by atoms with van der Waals surface area (Å²) in [5.74, 6) is 0.352. The molecular weight excluding hydrogens is 719 g/mol. The predicted octanol–water partition coefficient (Wildman–Crippen LogP) is 9.41. The molecule has 7 heteroatoms. The minimum absolute atomic E-state index is 0.109. The smallest absolute Gasteiger partial charge is 0.407 e. The van der Waals surface area contributed by atoms with Crippen LogP contribution in [0.1, 0.15) is 49.4 Å². The molecule has 2 aliphatic rings. The Bertz CT molecular complexity index is 1950. The fourth-order valence-corrected chi connectivity index (χ4v) is 14.1. The van der Waals surface area contributed by atoms with E-state index in [0.29, 0.717) is 6.61 Å². The Hall–Kier alpha value is -4.60. The molecule has 1 heterocycles. The maximum absolute atomic E-state index is 7.47. The van der Waals surface area contributed by atoms with Crippen molar-refractivity contribution in [2.75, 3.05) is 20.8 Å².